The lowest BCUT2D eigenvalue weighted by Crippen LogP contribution is -2.14. The number of aromatic nitrogens is 3. The van der Waals surface area contributed by atoms with Crippen LogP contribution >= 0.6 is 11.8 Å². The number of nitrogens with one attached hydrogen (secondary N) is 1. The SMILES string of the molecule is Cn1c(SCC(=O)Nc2ccc(F)cc2)nnc1-c1ccccc1. The largest absolute Gasteiger partial charge is 0.325 e. The van der Waals surface area contributed by atoms with E-state index in [0.29, 0.717) is 10.8 Å². The van der Waals surface area contributed by atoms with E-state index in [2.05, 4.69) is 15.5 Å². The number of carbonyl (C=O) groups is 1. The van der Waals surface area contributed by atoms with Crippen LogP contribution in [-0.2, 0) is 11.8 Å². The van der Waals surface area contributed by atoms with Crippen LogP contribution in [0, 0.1) is 5.82 Å². The van der Waals surface area contributed by atoms with Crippen LogP contribution in [0.1, 0.15) is 0 Å². The number of rotatable bonds is 5. The molecule has 0 aliphatic heterocycles. The van der Waals surface area contributed by atoms with Crippen LogP contribution in [0.4, 0.5) is 10.1 Å². The molecule has 0 spiro atoms. The molecule has 0 aliphatic carbocycles. The number of nitrogens with zero attached hydrogens (tertiary/aromatic N) is 3. The maximum atomic E-state index is 12.8. The molecule has 1 amide bonds. The Labute approximate surface area is 142 Å². The van der Waals surface area contributed by atoms with E-state index in [-0.39, 0.29) is 17.5 Å². The van der Waals surface area contributed by atoms with Crippen LogP contribution < -0.4 is 5.32 Å². The second kappa shape index (κ2) is 7.27. The predicted octanol–water partition coefficient (Wildman–Crippen LogP) is 3.35. The first-order valence-electron chi connectivity index (χ1n) is 7.26. The summed E-state index contributed by atoms with van der Waals surface area (Å²) in [6.45, 7) is 0. The van der Waals surface area contributed by atoms with E-state index in [0.717, 1.165) is 11.4 Å². The number of thioether (sulfide) groups is 1. The van der Waals surface area contributed by atoms with Gasteiger partial charge in [-0.25, -0.2) is 4.39 Å². The lowest BCUT2D eigenvalue weighted by molar-refractivity contribution is -0.113. The molecule has 0 bridgehead atoms. The fraction of sp³-hybridized carbons (Fsp3) is 0.118. The van der Waals surface area contributed by atoms with Crippen molar-refractivity contribution in [2.45, 2.75) is 5.16 Å². The van der Waals surface area contributed by atoms with Gasteiger partial charge >= 0.3 is 0 Å². The van der Waals surface area contributed by atoms with Gasteiger partial charge in [-0.2, -0.15) is 0 Å². The van der Waals surface area contributed by atoms with Gasteiger partial charge in [0.05, 0.1) is 5.75 Å². The Hall–Kier alpha value is -2.67. The monoisotopic (exact) mass is 342 g/mol. The van der Waals surface area contributed by atoms with Crippen molar-refractivity contribution in [3.63, 3.8) is 0 Å². The van der Waals surface area contributed by atoms with Crippen LogP contribution in [0.15, 0.2) is 59.8 Å². The third-order valence-corrected chi connectivity index (χ3v) is 4.35. The van der Waals surface area contributed by atoms with E-state index in [9.17, 15) is 9.18 Å². The Morgan fingerprint density at radius 3 is 2.54 bits per heavy atom. The van der Waals surface area contributed by atoms with Crippen molar-refractivity contribution in [2.24, 2.45) is 7.05 Å². The third kappa shape index (κ3) is 3.80. The van der Waals surface area contributed by atoms with Crippen molar-refractivity contribution in [3.05, 3.63) is 60.4 Å². The van der Waals surface area contributed by atoms with Crippen LogP contribution in [0.3, 0.4) is 0 Å². The molecule has 0 radical (unpaired) electrons. The van der Waals surface area contributed by atoms with Crippen LogP contribution in [-0.4, -0.2) is 26.4 Å². The van der Waals surface area contributed by atoms with Crippen LogP contribution in [0.25, 0.3) is 11.4 Å². The van der Waals surface area contributed by atoms with Gasteiger partial charge in [-0.05, 0) is 24.3 Å². The van der Waals surface area contributed by atoms with E-state index in [1.807, 2.05) is 41.9 Å². The molecule has 1 N–H and O–H groups in total. The van der Waals surface area contributed by atoms with Crippen molar-refractivity contribution in [2.75, 3.05) is 11.1 Å². The molecule has 0 fully saturated rings. The van der Waals surface area contributed by atoms with Crippen molar-refractivity contribution in [1.82, 2.24) is 14.8 Å². The Morgan fingerprint density at radius 1 is 1.12 bits per heavy atom. The van der Waals surface area contributed by atoms with E-state index in [1.54, 1.807) is 0 Å². The molecular formula is C17H15FN4OS. The average Bonchev–Trinajstić information content (AvgIpc) is 2.97. The van der Waals surface area contributed by atoms with E-state index in [4.69, 9.17) is 0 Å². The molecule has 0 aliphatic rings. The maximum absolute atomic E-state index is 12.8. The van der Waals surface area contributed by atoms with E-state index >= 15 is 0 Å². The van der Waals surface area contributed by atoms with Gasteiger partial charge in [-0.3, -0.25) is 4.79 Å². The number of hydrogen-bond donors (Lipinski definition) is 1. The normalized spacial score (nSPS) is 10.6. The summed E-state index contributed by atoms with van der Waals surface area (Å²) >= 11 is 1.30. The van der Waals surface area contributed by atoms with Gasteiger partial charge in [-0.15, -0.1) is 10.2 Å². The summed E-state index contributed by atoms with van der Waals surface area (Å²) in [5.41, 5.74) is 1.53. The first-order valence-corrected chi connectivity index (χ1v) is 8.25. The zero-order chi connectivity index (χ0) is 16.9. The lowest BCUT2D eigenvalue weighted by atomic mass is 10.2. The summed E-state index contributed by atoms with van der Waals surface area (Å²) < 4.78 is 14.7. The number of anilines is 1. The number of amides is 1. The highest BCUT2D eigenvalue weighted by atomic mass is 32.2. The molecule has 2 aromatic carbocycles. The van der Waals surface area contributed by atoms with E-state index in [1.165, 1.54) is 36.0 Å². The number of halogens is 1. The quantitative estimate of drug-likeness (QED) is 0.723. The number of hydrogen-bond acceptors (Lipinski definition) is 4. The summed E-state index contributed by atoms with van der Waals surface area (Å²) in [5.74, 6) is 0.417. The summed E-state index contributed by atoms with van der Waals surface area (Å²) in [6.07, 6.45) is 0. The molecule has 24 heavy (non-hydrogen) atoms. The first-order chi connectivity index (χ1) is 11.6. The minimum absolute atomic E-state index is 0.184. The van der Waals surface area contributed by atoms with Crippen molar-refractivity contribution < 1.29 is 9.18 Å². The Bertz CT molecular complexity index is 834. The molecule has 0 unspecified atom stereocenters. The zero-order valence-corrected chi connectivity index (χ0v) is 13.8. The fourth-order valence-electron chi connectivity index (χ4n) is 2.14. The lowest BCUT2D eigenvalue weighted by Gasteiger charge is -2.05. The van der Waals surface area contributed by atoms with Gasteiger partial charge < -0.3 is 9.88 Å². The van der Waals surface area contributed by atoms with Gasteiger partial charge in [0.25, 0.3) is 0 Å². The summed E-state index contributed by atoms with van der Waals surface area (Å²) in [6, 6.07) is 15.4. The smallest absolute Gasteiger partial charge is 0.234 e. The third-order valence-electron chi connectivity index (χ3n) is 3.33. The second-order valence-corrected chi connectivity index (χ2v) is 6.02. The second-order valence-electron chi connectivity index (χ2n) is 5.07. The van der Waals surface area contributed by atoms with Gasteiger partial charge in [0.1, 0.15) is 5.82 Å². The van der Waals surface area contributed by atoms with Crippen molar-refractivity contribution in [1.29, 1.82) is 0 Å². The van der Waals surface area contributed by atoms with Gasteiger partial charge in [-0.1, -0.05) is 42.1 Å². The van der Waals surface area contributed by atoms with Gasteiger partial charge in [0.15, 0.2) is 11.0 Å². The predicted molar refractivity (Wildman–Crippen MR) is 92.2 cm³/mol. The number of benzene rings is 2. The van der Waals surface area contributed by atoms with Crippen molar-refractivity contribution in [3.8, 4) is 11.4 Å². The van der Waals surface area contributed by atoms with Gasteiger partial charge in [0.2, 0.25) is 5.91 Å². The Kier molecular flexibility index (Phi) is 4.90. The highest BCUT2D eigenvalue weighted by Gasteiger charge is 2.12. The van der Waals surface area contributed by atoms with Crippen molar-refractivity contribution >= 4 is 23.4 Å². The molecule has 0 saturated carbocycles. The molecule has 0 atom stereocenters. The molecule has 1 heterocycles. The van der Waals surface area contributed by atoms with Crippen LogP contribution in [0.5, 0.6) is 0 Å². The van der Waals surface area contributed by atoms with Gasteiger partial charge in [0, 0.05) is 18.3 Å². The Balaban J connectivity index is 1.62. The standard InChI is InChI=1S/C17H15FN4OS/c1-22-16(12-5-3-2-4-6-12)20-21-17(22)24-11-15(23)19-14-9-7-13(18)8-10-14/h2-10H,11H2,1H3,(H,19,23). The number of carbonyl (C=O) groups excluding carboxylic acids is 1. The van der Waals surface area contributed by atoms with E-state index < -0.39 is 0 Å². The summed E-state index contributed by atoms with van der Waals surface area (Å²) in [7, 11) is 1.86. The molecule has 1 aromatic heterocycles. The van der Waals surface area contributed by atoms with Crippen LogP contribution in [0.2, 0.25) is 0 Å². The molecule has 5 nitrogen and oxygen atoms in total. The minimum atomic E-state index is -0.338. The topological polar surface area (TPSA) is 59.8 Å². The highest BCUT2D eigenvalue weighted by molar-refractivity contribution is 7.99. The zero-order valence-electron chi connectivity index (χ0n) is 12.9. The summed E-state index contributed by atoms with van der Waals surface area (Å²) in [4.78, 5) is 12.0. The molecule has 3 rings (SSSR count). The average molecular weight is 342 g/mol. The minimum Gasteiger partial charge on any atom is -0.325 e. The molecular weight excluding hydrogens is 327 g/mol. The fourth-order valence-corrected chi connectivity index (χ4v) is 2.85. The summed E-state index contributed by atoms with van der Waals surface area (Å²) in [5, 5.41) is 11.7. The molecule has 7 heteroatoms. The molecule has 3 aromatic rings. The molecule has 0 saturated heterocycles. The molecule has 122 valence electrons. The maximum Gasteiger partial charge on any atom is 0.234 e. The highest BCUT2D eigenvalue weighted by Crippen LogP contribution is 2.22. The first kappa shape index (κ1) is 16.2. The Morgan fingerprint density at radius 2 is 1.83 bits per heavy atom.